The lowest BCUT2D eigenvalue weighted by molar-refractivity contribution is -0.161. The van der Waals surface area contributed by atoms with Crippen LogP contribution in [0.1, 0.15) is 452 Å². The Kier molecular flexibility index (Phi) is 75.0. The van der Waals surface area contributed by atoms with Gasteiger partial charge in [0.25, 0.3) is 0 Å². The summed E-state index contributed by atoms with van der Waals surface area (Å²) in [6, 6.07) is 0. The van der Waals surface area contributed by atoms with Gasteiger partial charge < -0.3 is 33.8 Å². The van der Waals surface area contributed by atoms with Gasteiger partial charge >= 0.3 is 39.5 Å². The van der Waals surface area contributed by atoms with E-state index >= 15 is 0 Å². The van der Waals surface area contributed by atoms with Crippen LogP contribution in [0.15, 0.2) is 0 Å². The summed E-state index contributed by atoms with van der Waals surface area (Å²) in [4.78, 5) is 73.1. The molecule has 0 aromatic heterocycles. The van der Waals surface area contributed by atoms with Crippen molar-refractivity contribution in [2.45, 2.75) is 471 Å². The summed E-state index contributed by atoms with van der Waals surface area (Å²) in [5, 5.41) is 10.7. The van der Waals surface area contributed by atoms with Crippen molar-refractivity contribution in [3.63, 3.8) is 0 Å². The monoisotopic (exact) mass is 1520 g/mol. The van der Waals surface area contributed by atoms with E-state index in [1.165, 1.54) is 263 Å². The largest absolute Gasteiger partial charge is 0.472 e. The van der Waals surface area contributed by atoms with Gasteiger partial charge in [0.15, 0.2) is 12.2 Å². The molecule has 0 aliphatic heterocycles. The lowest BCUT2D eigenvalue weighted by atomic mass is 9.99. The van der Waals surface area contributed by atoms with Crippen LogP contribution < -0.4 is 0 Å². The molecule has 0 aromatic carbocycles. The van der Waals surface area contributed by atoms with Gasteiger partial charge in [0, 0.05) is 25.7 Å². The van der Waals surface area contributed by atoms with E-state index in [0.29, 0.717) is 25.7 Å². The summed E-state index contributed by atoms with van der Waals surface area (Å²) in [6.45, 7) is 9.73. The van der Waals surface area contributed by atoms with Crippen LogP contribution in [0.5, 0.6) is 0 Å². The number of phosphoric acid groups is 2. The summed E-state index contributed by atoms with van der Waals surface area (Å²) >= 11 is 0. The lowest BCUT2D eigenvalue weighted by Gasteiger charge is -2.21. The molecule has 0 aliphatic rings. The molecule has 0 spiro atoms. The molecule has 0 amide bonds. The predicted molar refractivity (Wildman–Crippen MR) is 428 cm³/mol. The van der Waals surface area contributed by atoms with Gasteiger partial charge in [-0.1, -0.05) is 401 Å². The Morgan fingerprint density at radius 1 is 0.279 bits per heavy atom. The first-order chi connectivity index (χ1) is 50.4. The van der Waals surface area contributed by atoms with Gasteiger partial charge in [-0.05, 0) is 37.5 Å². The van der Waals surface area contributed by atoms with Crippen molar-refractivity contribution in [1.82, 2.24) is 0 Å². The maximum absolute atomic E-state index is 13.1. The van der Waals surface area contributed by atoms with Crippen molar-refractivity contribution in [1.29, 1.82) is 0 Å². The molecule has 0 bridgehead atoms. The molecule has 0 rings (SSSR count). The zero-order chi connectivity index (χ0) is 76.4. The molecule has 0 heterocycles. The number of unbranched alkanes of at least 4 members (excludes halogenated alkanes) is 53. The second kappa shape index (κ2) is 76.4. The molecule has 618 valence electrons. The molecule has 0 saturated carbocycles. The molecule has 3 unspecified atom stereocenters. The molecule has 0 aromatic rings. The number of rotatable bonds is 84. The number of hydrogen-bond donors (Lipinski definition) is 3. The van der Waals surface area contributed by atoms with Crippen LogP contribution in [0, 0.1) is 11.8 Å². The van der Waals surface area contributed by atoms with Gasteiger partial charge in [0.1, 0.15) is 19.3 Å². The third kappa shape index (κ3) is 76.8. The SMILES string of the molecule is CCCCCCCCCCCCCCCCCCCC(=O)O[C@H](COC(=O)CCCCCCCCCC)COP(=O)(O)OC[C@H](O)COP(=O)(O)OC[C@@H](COC(=O)CCCCCCCCCCCCCCCCC(C)C)OC(=O)CCCCCCCCCCCCCCCCCCCCC(C)CC. The fourth-order valence-corrected chi connectivity index (χ4v) is 14.8. The van der Waals surface area contributed by atoms with E-state index in [-0.39, 0.29) is 25.7 Å². The van der Waals surface area contributed by atoms with Crippen molar-refractivity contribution in [2.24, 2.45) is 11.8 Å². The minimum absolute atomic E-state index is 0.108. The van der Waals surface area contributed by atoms with E-state index < -0.39 is 97.5 Å². The summed E-state index contributed by atoms with van der Waals surface area (Å²) in [6.07, 6.45) is 68.1. The first kappa shape index (κ1) is 102. The highest BCUT2D eigenvalue weighted by Crippen LogP contribution is 2.45. The Labute approximate surface area is 638 Å². The van der Waals surface area contributed by atoms with Crippen LogP contribution in [0.25, 0.3) is 0 Å². The first-order valence-electron chi connectivity index (χ1n) is 44.0. The average molecular weight is 1520 g/mol. The predicted octanol–water partition coefficient (Wildman–Crippen LogP) is 25.8. The molecule has 19 heteroatoms. The van der Waals surface area contributed by atoms with E-state index in [9.17, 15) is 43.2 Å². The minimum atomic E-state index is -4.96. The number of aliphatic hydroxyl groups is 1. The van der Waals surface area contributed by atoms with E-state index in [1.807, 2.05) is 0 Å². The molecule has 0 radical (unpaired) electrons. The van der Waals surface area contributed by atoms with Crippen molar-refractivity contribution >= 4 is 39.5 Å². The van der Waals surface area contributed by atoms with E-state index in [0.717, 1.165) is 108 Å². The fourth-order valence-electron chi connectivity index (χ4n) is 13.2. The van der Waals surface area contributed by atoms with Crippen LogP contribution in [0.4, 0.5) is 0 Å². The normalized spacial score (nSPS) is 14.1. The molecule has 0 fully saturated rings. The number of carbonyl (C=O) groups is 4. The Bertz CT molecular complexity index is 2000. The van der Waals surface area contributed by atoms with Crippen LogP contribution >= 0.6 is 15.6 Å². The average Bonchev–Trinajstić information content (AvgIpc) is 0.911. The fraction of sp³-hybridized carbons (Fsp3) is 0.953. The van der Waals surface area contributed by atoms with Gasteiger partial charge in [-0.15, -0.1) is 0 Å². The van der Waals surface area contributed by atoms with Crippen molar-refractivity contribution in [2.75, 3.05) is 39.6 Å². The summed E-state index contributed by atoms with van der Waals surface area (Å²) < 4.78 is 68.8. The highest BCUT2D eigenvalue weighted by atomic mass is 31.2. The summed E-state index contributed by atoms with van der Waals surface area (Å²) in [5.74, 6) is -0.435. The third-order valence-electron chi connectivity index (χ3n) is 20.3. The number of aliphatic hydroxyl groups excluding tert-OH is 1. The van der Waals surface area contributed by atoms with Gasteiger partial charge in [0.05, 0.1) is 26.4 Å². The lowest BCUT2D eigenvalue weighted by Crippen LogP contribution is -2.30. The topological polar surface area (TPSA) is 237 Å². The standard InChI is InChI=1S/C85H166O17P2/c1-7-10-12-14-16-18-19-20-21-24-28-35-40-45-51-57-63-69-84(89)101-80(73-95-82(87)67-61-55-49-17-15-13-11-8-2)75-99-103(91,92)97-71-79(86)72-98-104(93,94)100-76-81(74-96-83(88)68-62-56-50-44-39-34-31-30-32-37-42-47-53-59-65-77(4)5)102-85(90)70-64-58-52-46-41-36-29-26-23-22-25-27-33-38-43-48-54-60-66-78(6)9-3/h77-81,86H,7-76H2,1-6H3,(H,91,92)(H,93,94)/t78?,79-,80+,81+/m0/s1. The van der Waals surface area contributed by atoms with Crippen molar-refractivity contribution in [3.05, 3.63) is 0 Å². The van der Waals surface area contributed by atoms with Gasteiger partial charge in [0.2, 0.25) is 0 Å². The molecular formula is C85H166O17P2. The Morgan fingerprint density at radius 3 is 0.731 bits per heavy atom. The van der Waals surface area contributed by atoms with E-state index in [1.54, 1.807) is 0 Å². The highest BCUT2D eigenvalue weighted by molar-refractivity contribution is 7.47. The zero-order valence-corrected chi connectivity index (χ0v) is 70.1. The molecule has 0 aliphatic carbocycles. The Balaban J connectivity index is 5.18. The van der Waals surface area contributed by atoms with Crippen molar-refractivity contribution < 1.29 is 80.2 Å². The van der Waals surface area contributed by atoms with Gasteiger partial charge in [-0.2, -0.15) is 0 Å². The van der Waals surface area contributed by atoms with Gasteiger partial charge in [-0.3, -0.25) is 37.3 Å². The first-order valence-corrected chi connectivity index (χ1v) is 47.0. The maximum atomic E-state index is 13.1. The summed E-state index contributed by atoms with van der Waals surface area (Å²) in [7, 11) is -9.92. The Morgan fingerprint density at radius 2 is 0.490 bits per heavy atom. The van der Waals surface area contributed by atoms with E-state index in [2.05, 4.69) is 41.5 Å². The van der Waals surface area contributed by atoms with Crippen LogP contribution in [-0.2, 0) is 65.4 Å². The number of phosphoric ester groups is 2. The quantitative estimate of drug-likeness (QED) is 0.0222. The smallest absolute Gasteiger partial charge is 0.462 e. The van der Waals surface area contributed by atoms with Crippen LogP contribution in [0.2, 0.25) is 0 Å². The molecule has 104 heavy (non-hydrogen) atoms. The number of hydrogen-bond acceptors (Lipinski definition) is 15. The van der Waals surface area contributed by atoms with Crippen molar-refractivity contribution in [3.8, 4) is 0 Å². The van der Waals surface area contributed by atoms with E-state index in [4.69, 9.17) is 37.0 Å². The number of esters is 4. The molecular weight excluding hydrogens is 1350 g/mol. The van der Waals surface area contributed by atoms with Crippen LogP contribution in [0.3, 0.4) is 0 Å². The summed E-state index contributed by atoms with van der Waals surface area (Å²) in [5.41, 5.74) is 0. The molecule has 6 atom stereocenters. The van der Waals surface area contributed by atoms with Crippen LogP contribution in [-0.4, -0.2) is 96.7 Å². The molecule has 0 saturated heterocycles. The highest BCUT2D eigenvalue weighted by Gasteiger charge is 2.30. The molecule has 17 nitrogen and oxygen atoms in total. The Hall–Kier alpha value is -1.94. The number of ether oxygens (including phenoxy) is 4. The zero-order valence-electron chi connectivity index (χ0n) is 68.3. The second-order valence-electron chi connectivity index (χ2n) is 31.3. The third-order valence-corrected chi connectivity index (χ3v) is 22.2. The maximum Gasteiger partial charge on any atom is 0.472 e. The second-order valence-corrected chi connectivity index (χ2v) is 34.2. The number of carbonyl (C=O) groups excluding carboxylic acids is 4. The minimum Gasteiger partial charge on any atom is -0.462 e. The molecule has 3 N–H and O–H groups in total. The van der Waals surface area contributed by atoms with Gasteiger partial charge in [-0.25, -0.2) is 9.13 Å².